The van der Waals surface area contributed by atoms with Crippen LogP contribution < -0.4 is 24.5 Å². The standard InChI is InChI=1S/C18H16ClF3N2OS.2C18H17F3N2OS.2C17H17ClN2OS/c1-11-4-2-5-12-6-3-7-24(16(11)12)15(25)10-26-17-14(19)8-13(9-23-17)18(20,21)22;1-12-5-2-6-13-7-4-10-23(16(12)13)15(24)11-25-17-14(18(19,20)21)8-3-9-22-17;1-12-4-2-5-13-6-3-9-23(17(12)13)16(24)11-25-15-8-7-14(10-22-15)18(19,20)21;1-12-5-2-6-13-7-4-10-20(16(12)13)15(21)11-22-17-14(18)8-3-9-19-17;1-12-4-2-5-13-6-3-9-20(17(12)13)16(21)11-22-15-8-7-14(18)10-19-15/h2,4-5,8-9H,3,6-7,10H2,1H3;2-3,5-6,8-9H,4,7,10-11H2,1H3;2,4-5,7-8,10H,3,6,9,11H2,1H3;2-3,5-6,8-9H,4,7,10-11H2,1H3;2,4-5,7-8,10H,3,6,9,11H2,1H3. The number of nitrogens with zero attached hydrogens (tertiary/aromatic N) is 10. The molecule has 0 saturated carbocycles. The quantitative estimate of drug-likeness (QED) is 0.0702. The summed E-state index contributed by atoms with van der Waals surface area (Å²) >= 11 is 23.7. The molecule has 0 spiro atoms. The molecule has 0 fully saturated rings. The maximum Gasteiger partial charge on any atom is 0.419 e. The van der Waals surface area contributed by atoms with Crippen LogP contribution in [-0.4, -0.2) is 116 Å². The average molecular weight is 1800 g/mol. The van der Waals surface area contributed by atoms with Crippen molar-refractivity contribution in [1.82, 2.24) is 24.9 Å². The van der Waals surface area contributed by atoms with E-state index in [0.717, 1.165) is 216 Å². The number of hydrogen-bond donors (Lipinski definition) is 0. The van der Waals surface area contributed by atoms with E-state index in [1.54, 1.807) is 45.3 Å². The lowest BCUT2D eigenvalue weighted by Gasteiger charge is -2.31. The van der Waals surface area contributed by atoms with Crippen molar-refractivity contribution in [2.45, 2.75) is 142 Å². The van der Waals surface area contributed by atoms with Crippen molar-refractivity contribution in [1.29, 1.82) is 0 Å². The Kier molecular flexibility index (Phi) is 32.4. The van der Waals surface area contributed by atoms with Crippen LogP contribution in [0.1, 0.15) is 104 Å². The lowest BCUT2D eigenvalue weighted by atomic mass is 9.98. The Bertz CT molecular complexity index is 5310. The van der Waals surface area contributed by atoms with Gasteiger partial charge in [-0.15, -0.1) is 0 Å². The second kappa shape index (κ2) is 42.3. The number of hydrogen-bond acceptors (Lipinski definition) is 15. The topological polar surface area (TPSA) is 166 Å². The van der Waals surface area contributed by atoms with E-state index in [0.29, 0.717) is 51.2 Å². The van der Waals surface area contributed by atoms with E-state index < -0.39 is 35.2 Å². The number of carbonyl (C=O) groups is 5. The fraction of sp³-hybridized carbons (Fsp3) is 0.318. The van der Waals surface area contributed by atoms with Crippen LogP contribution in [0.2, 0.25) is 15.1 Å². The summed E-state index contributed by atoms with van der Waals surface area (Å²) < 4.78 is 115. The first kappa shape index (κ1) is 91.9. The molecule has 0 aliphatic carbocycles. The van der Waals surface area contributed by atoms with Crippen LogP contribution in [0, 0.1) is 34.6 Å². The van der Waals surface area contributed by atoms with Crippen LogP contribution in [-0.2, 0) is 74.6 Å². The summed E-state index contributed by atoms with van der Waals surface area (Å²) in [7, 11) is 0. The van der Waals surface area contributed by atoms with Gasteiger partial charge < -0.3 is 24.5 Å². The number of thioether (sulfide) groups is 5. The van der Waals surface area contributed by atoms with Gasteiger partial charge in [0.25, 0.3) is 0 Å². The molecule has 5 aromatic carbocycles. The fourth-order valence-electron chi connectivity index (χ4n) is 14.5. The Morgan fingerprint density at radius 3 is 0.967 bits per heavy atom. The number of para-hydroxylation sites is 5. The lowest BCUT2D eigenvalue weighted by Crippen LogP contribution is -2.37. The van der Waals surface area contributed by atoms with E-state index in [1.807, 2.05) is 91.2 Å². The first-order valence-corrected chi connectivity index (χ1v) is 44.5. The zero-order valence-electron chi connectivity index (χ0n) is 66.0. The van der Waals surface area contributed by atoms with E-state index in [4.69, 9.17) is 34.8 Å². The number of benzene rings is 5. The molecule has 630 valence electrons. The predicted molar refractivity (Wildman–Crippen MR) is 464 cm³/mol. The zero-order chi connectivity index (χ0) is 86.0. The Hall–Kier alpha value is -8.81. The normalized spacial score (nSPS) is 14.1. The molecule has 5 amide bonds. The summed E-state index contributed by atoms with van der Waals surface area (Å²) in [6, 6.07) is 42.9. The van der Waals surface area contributed by atoms with Crippen LogP contribution in [0.5, 0.6) is 0 Å². The van der Waals surface area contributed by atoms with Crippen molar-refractivity contribution < 1.29 is 63.5 Å². The lowest BCUT2D eigenvalue weighted by molar-refractivity contribution is -0.140. The first-order chi connectivity index (χ1) is 57.3. The molecule has 5 aromatic heterocycles. The van der Waals surface area contributed by atoms with Gasteiger partial charge in [-0.05, 0) is 209 Å². The highest BCUT2D eigenvalue weighted by molar-refractivity contribution is 8.01. The molecule has 15 nitrogen and oxygen atoms in total. The van der Waals surface area contributed by atoms with Gasteiger partial charge in [0.15, 0.2) is 0 Å². The Labute approximate surface area is 727 Å². The van der Waals surface area contributed by atoms with E-state index in [9.17, 15) is 63.5 Å². The van der Waals surface area contributed by atoms with Crippen molar-refractivity contribution in [2.75, 3.05) is 86.0 Å². The first-order valence-electron chi connectivity index (χ1n) is 38.4. The maximum absolute atomic E-state index is 13.0. The molecule has 10 heterocycles. The molecule has 0 unspecified atom stereocenters. The minimum atomic E-state index is -4.50. The van der Waals surface area contributed by atoms with Crippen LogP contribution in [0.25, 0.3) is 0 Å². The smallest absolute Gasteiger partial charge is 0.311 e. The van der Waals surface area contributed by atoms with Crippen molar-refractivity contribution >= 4 is 152 Å². The van der Waals surface area contributed by atoms with Crippen molar-refractivity contribution in [2.24, 2.45) is 0 Å². The number of aromatic nitrogens is 5. The van der Waals surface area contributed by atoms with Gasteiger partial charge in [-0.25, -0.2) is 24.9 Å². The number of alkyl halides is 9. The van der Waals surface area contributed by atoms with E-state index >= 15 is 0 Å². The van der Waals surface area contributed by atoms with Crippen LogP contribution in [0.15, 0.2) is 202 Å². The van der Waals surface area contributed by atoms with Crippen LogP contribution in [0.4, 0.5) is 68.0 Å². The van der Waals surface area contributed by atoms with E-state index in [-0.39, 0.29) is 61.9 Å². The van der Waals surface area contributed by atoms with Gasteiger partial charge in [-0.1, -0.05) is 185 Å². The summed E-state index contributed by atoms with van der Waals surface area (Å²) in [4.78, 5) is 92.0. The molecule has 0 saturated heterocycles. The molecule has 5 aliphatic rings. The predicted octanol–water partition coefficient (Wildman–Crippen LogP) is 22.3. The number of amides is 5. The monoisotopic (exact) mass is 1800 g/mol. The highest BCUT2D eigenvalue weighted by atomic mass is 35.5. The van der Waals surface area contributed by atoms with Gasteiger partial charge in [0, 0.05) is 92.1 Å². The Morgan fingerprint density at radius 1 is 0.333 bits per heavy atom. The number of anilines is 5. The van der Waals surface area contributed by atoms with Gasteiger partial charge in [0.2, 0.25) is 29.5 Å². The number of pyridine rings is 5. The Morgan fingerprint density at radius 2 is 0.650 bits per heavy atom. The van der Waals surface area contributed by atoms with Gasteiger partial charge in [0.05, 0.1) is 70.6 Å². The second-order valence-corrected chi connectivity index (χ2v) is 34.6. The largest absolute Gasteiger partial charge is 0.419 e. The molecule has 120 heavy (non-hydrogen) atoms. The highest BCUT2D eigenvalue weighted by Crippen LogP contribution is 2.41. The average Bonchev–Trinajstić information content (AvgIpc) is 0.794. The minimum absolute atomic E-state index is 0.0538. The van der Waals surface area contributed by atoms with E-state index in [2.05, 4.69) is 75.2 Å². The molecule has 32 heteroatoms. The molecule has 15 rings (SSSR count). The summed E-state index contributed by atoms with van der Waals surface area (Å²) in [6.45, 7) is 13.5. The molecule has 0 atom stereocenters. The van der Waals surface area contributed by atoms with Gasteiger partial charge in [0.1, 0.15) is 15.1 Å². The van der Waals surface area contributed by atoms with Gasteiger partial charge in [-0.3, -0.25) is 24.0 Å². The maximum atomic E-state index is 13.0. The van der Waals surface area contributed by atoms with Crippen molar-refractivity contribution in [3.05, 3.63) is 264 Å². The van der Waals surface area contributed by atoms with Crippen LogP contribution >= 0.6 is 93.6 Å². The van der Waals surface area contributed by atoms with Crippen molar-refractivity contribution in [3.8, 4) is 0 Å². The molecule has 0 bridgehead atoms. The summed E-state index contributed by atoms with van der Waals surface area (Å²) in [6.07, 6.45) is 2.32. The molecular formula is C88H84Cl3F9N10O5S5. The summed E-state index contributed by atoms with van der Waals surface area (Å²) in [5, 5.41) is 3.09. The van der Waals surface area contributed by atoms with Gasteiger partial charge in [-0.2, -0.15) is 39.5 Å². The molecule has 0 N–H and O–H groups in total. The summed E-state index contributed by atoms with van der Waals surface area (Å²) in [5.74, 6) is 0.765. The number of carbonyl (C=O) groups excluding carboxylic acids is 5. The minimum Gasteiger partial charge on any atom is -0.311 e. The van der Waals surface area contributed by atoms with Gasteiger partial charge >= 0.3 is 18.5 Å². The third-order valence-electron chi connectivity index (χ3n) is 20.0. The SMILES string of the molecule is Cc1cccc2c1N(C(=O)CSc1ccc(C(F)(F)F)cn1)CCC2.Cc1cccc2c1N(C(=O)CSc1ccc(Cl)cn1)CCC2.Cc1cccc2c1N(C(=O)CSc1ncc(C(F)(F)F)cc1Cl)CCC2.Cc1cccc2c1N(C(=O)CSc1ncccc1C(F)(F)F)CCC2.Cc1cccc2c1N(C(=O)CSc1ncccc1Cl)CCC2. The number of fused-ring (bicyclic) bond motifs is 5. The Balaban J connectivity index is 0.000000147. The third kappa shape index (κ3) is 24.3. The second-order valence-electron chi connectivity index (χ2n) is 28.5. The van der Waals surface area contributed by atoms with E-state index in [1.165, 1.54) is 58.5 Å². The van der Waals surface area contributed by atoms with Crippen molar-refractivity contribution in [3.63, 3.8) is 0 Å². The molecule has 10 aromatic rings. The highest BCUT2D eigenvalue weighted by Gasteiger charge is 2.37. The molecular weight excluding hydrogens is 1710 g/mol. The van der Waals surface area contributed by atoms with Crippen LogP contribution in [0.3, 0.4) is 0 Å². The third-order valence-corrected chi connectivity index (χ3v) is 25.9. The fourth-order valence-corrected chi connectivity index (χ4v) is 19.1. The molecule has 0 radical (unpaired) electrons. The number of rotatable bonds is 15. The molecule has 5 aliphatic heterocycles. The number of aryl methyl sites for hydroxylation is 10. The summed E-state index contributed by atoms with van der Waals surface area (Å²) in [5.41, 5.74) is 13.9. The zero-order valence-corrected chi connectivity index (χ0v) is 72.3. The number of halogens is 12.